The number of rotatable bonds is 10. The van der Waals surface area contributed by atoms with Crippen molar-refractivity contribution < 1.29 is 9.84 Å². The molecular formula is C24H33N5O2. The number of nitrogens with zero attached hydrogens (tertiary/aromatic N) is 2. The molecule has 0 saturated heterocycles. The molecule has 166 valence electrons. The van der Waals surface area contributed by atoms with Gasteiger partial charge in [-0.2, -0.15) is 0 Å². The monoisotopic (exact) mass is 423 g/mol. The Bertz CT molecular complexity index is 933. The van der Waals surface area contributed by atoms with E-state index in [0.717, 1.165) is 54.1 Å². The topological polar surface area (TPSA) is 94.6 Å². The number of aliphatic imine (C=N–C) groups is 1. The van der Waals surface area contributed by atoms with E-state index in [1.807, 2.05) is 69.3 Å². The Morgan fingerprint density at radius 3 is 2.61 bits per heavy atom. The van der Waals surface area contributed by atoms with Crippen molar-refractivity contribution in [3.63, 3.8) is 0 Å². The van der Waals surface area contributed by atoms with Crippen molar-refractivity contribution in [3.05, 3.63) is 59.9 Å². The highest BCUT2D eigenvalue weighted by Crippen LogP contribution is 2.19. The van der Waals surface area contributed by atoms with Gasteiger partial charge >= 0.3 is 0 Å². The smallest absolute Gasteiger partial charge is 0.191 e. The average molecular weight is 424 g/mol. The first-order valence-electron chi connectivity index (χ1n) is 11.0. The predicted molar refractivity (Wildman–Crippen MR) is 126 cm³/mol. The highest BCUT2D eigenvalue weighted by molar-refractivity contribution is 5.79. The number of aromatic amines is 1. The third-order valence-corrected chi connectivity index (χ3v) is 4.72. The number of aliphatic hydroxyl groups is 1. The van der Waals surface area contributed by atoms with Crippen LogP contribution in [-0.2, 0) is 6.42 Å². The van der Waals surface area contributed by atoms with Crippen LogP contribution < -0.4 is 15.4 Å². The van der Waals surface area contributed by atoms with Gasteiger partial charge in [-0.3, -0.25) is 4.99 Å². The molecule has 0 amide bonds. The molecule has 0 fully saturated rings. The summed E-state index contributed by atoms with van der Waals surface area (Å²) in [6.07, 6.45) is 1.23. The summed E-state index contributed by atoms with van der Waals surface area (Å²) in [5.74, 6) is 2.49. The number of guanidine groups is 1. The second kappa shape index (κ2) is 11.4. The fourth-order valence-electron chi connectivity index (χ4n) is 3.25. The van der Waals surface area contributed by atoms with E-state index in [0.29, 0.717) is 5.96 Å². The van der Waals surface area contributed by atoms with Gasteiger partial charge in [-0.1, -0.05) is 24.3 Å². The van der Waals surface area contributed by atoms with Crippen LogP contribution in [0.2, 0.25) is 0 Å². The van der Waals surface area contributed by atoms with E-state index in [9.17, 15) is 5.11 Å². The predicted octanol–water partition coefficient (Wildman–Crippen LogP) is 3.57. The molecule has 1 atom stereocenters. The summed E-state index contributed by atoms with van der Waals surface area (Å²) >= 11 is 0. The molecule has 7 nitrogen and oxygen atoms in total. The van der Waals surface area contributed by atoms with Crippen molar-refractivity contribution in [2.24, 2.45) is 4.99 Å². The van der Waals surface area contributed by atoms with Gasteiger partial charge < -0.3 is 25.5 Å². The van der Waals surface area contributed by atoms with Crippen LogP contribution in [0.3, 0.4) is 0 Å². The number of aliphatic hydroxyl groups excluding tert-OH is 1. The Morgan fingerprint density at radius 1 is 1.13 bits per heavy atom. The summed E-state index contributed by atoms with van der Waals surface area (Å²) in [6, 6.07) is 15.6. The van der Waals surface area contributed by atoms with Gasteiger partial charge in [0.15, 0.2) is 5.96 Å². The second-order valence-electron chi connectivity index (χ2n) is 7.70. The molecule has 0 radical (unpaired) electrons. The Morgan fingerprint density at radius 2 is 1.90 bits per heavy atom. The lowest BCUT2D eigenvalue weighted by Gasteiger charge is -2.14. The number of aromatic nitrogens is 2. The second-order valence-corrected chi connectivity index (χ2v) is 7.70. The molecule has 0 spiro atoms. The quantitative estimate of drug-likeness (QED) is 0.227. The van der Waals surface area contributed by atoms with Crippen LogP contribution in [0.5, 0.6) is 5.75 Å². The molecule has 0 aliphatic rings. The molecule has 1 heterocycles. The normalized spacial score (nSPS) is 12.9. The molecule has 3 aromatic rings. The third kappa shape index (κ3) is 7.00. The summed E-state index contributed by atoms with van der Waals surface area (Å²) in [5, 5.41) is 17.0. The number of benzene rings is 2. The van der Waals surface area contributed by atoms with Crippen molar-refractivity contribution in [2.75, 3.05) is 19.6 Å². The molecule has 2 aromatic carbocycles. The SMILES string of the molecule is CCNC(=NCC(O)c1ccc(OC(C)C)cc1)NCCCc1nc2ccccc2[nH]1. The van der Waals surface area contributed by atoms with Crippen molar-refractivity contribution in [1.29, 1.82) is 0 Å². The van der Waals surface area contributed by atoms with Gasteiger partial charge in [-0.25, -0.2) is 4.98 Å². The fourth-order valence-corrected chi connectivity index (χ4v) is 3.25. The molecule has 0 saturated carbocycles. The zero-order chi connectivity index (χ0) is 22.1. The number of imidazole rings is 1. The Balaban J connectivity index is 1.47. The van der Waals surface area contributed by atoms with Crippen LogP contribution in [-0.4, -0.2) is 46.8 Å². The van der Waals surface area contributed by atoms with Gasteiger partial charge in [0.05, 0.1) is 29.8 Å². The minimum Gasteiger partial charge on any atom is -0.491 e. The number of H-pyrrole nitrogens is 1. The molecule has 1 aromatic heterocycles. The van der Waals surface area contributed by atoms with E-state index in [1.165, 1.54) is 0 Å². The van der Waals surface area contributed by atoms with E-state index < -0.39 is 6.10 Å². The van der Waals surface area contributed by atoms with E-state index in [1.54, 1.807) is 0 Å². The Hall–Kier alpha value is -3.06. The van der Waals surface area contributed by atoms with Crippen LogP contribution in [0.1, 0.15) is 44.7 Å². The van der Waals surface area contributed by atoms with Crippen molar-refractivity contribution in [3.8, 4) is 5.75 Å². The molecule has 0 bridgehead atoms. The first kappa shape index (κ1) is 22.6. The number of hydrogen-bond acceptors (Lipinski definition) is 4. The van der Waals surface area contributed by atoms with Gasteiger partial charge in [-0.05, 0) is 57.0 Å². The highest BCUT2D eigenvalue weighted by Gasteiger charge is 2.09. The van der Waals surface area contributed by atoms with Crippen LogP contribution in [0.4, 0.5) is 0 Å². The maximum absolute atomic E-state index is 10.5. The molecule has 0 aliphatic carbocycles. The molecule has 31 heavy (non-hydrogen) atoms. The van der Waals surface area contributed by atoms with E-state index in [2.05, 4.69) is 25.6 Å². The van der Waals surface area contributed by atoms with Gasteiger partial charge in [-0.15, -0.1) is 0 Å². The molecule has 3 rings (SSSR count). The van der Waals surface area contributed by atoms with Crippen molar-refractivity contribution >= 4 is 17.0 Å². The van der Waals surface area contributed by atoms with Gasteiger partial charge in [0.25, 0.3) is 0 Å². The zero-order valence-corrected chi connectivity index (χ0v) is 18.6. The third-order valence-electron chi connectivity index (χ3n) is 4.72. The maximum atomic E-state index is 10.5. The molecular weight excluding hydrogens is 390 g/mol. The van der Waals surface area contributed by atoms with E-state index >= 15 is 0 Å². The minimum atomic E-state index is -0.667. The first-order chi connectivity index (χ1) is 15.0. The lowest BCUT2D eigenvalue weighted by atomic mass is 10.1. The van der Waals surface area contributed by atoms with Crippen LogP contribution in [0.15, 0.2) is 53.5 Å². The zero-order valence-electron chi connectivity index (χ0n) is 18.6. The number of hydrogen-bond donors (Lipinski definition) is 4. The number of fused-ring (bicyclic) bond motifs is 1. The number of ether oxygens (including phenoxy) is 1. The summed E-state index contributed by atoms with van der Waals surface area (Å²) in [7, 11) is 0. The van der Waals surface area contributed by atoms with Crippen molar-refractivity contribution in [1.82, 2.24) is 20.6 Å². The first-order valence-corrected chi connectivity index (χ1v) is 11.0. The van der Waals surface area contributed by atoms with Gasteiger partial charge in [0, 0.05) is 19.5 Å². The molecule has 1 unspecified atom stereocenters. The summed E-state index contributed by atoms with van der Waals surface area (Å²) in [6.45, 7) is 7.80. The van der Waals surface area contributed by atoms with Gasteiger partial charge in [0.1, 0.15) is 11.6 Å². The molecule has 4 N–H and O–H groups in total. The largest absolute Gasteiger partial charge is 0.491 e. The number of aryl methyl sites for hydroxylation is 1. The van der Waals surface area contributed by atoms with E-state index in [-0.39, 0.29) is 12.6 Å². The summed E-state index contributed by atoms with van der Waals surface area (Å²) in [4.78, 5) is 12.5. The minimum absolute atomic E-state index is 0.126. The summed E-state index contributed by atoms with van der Waals surface area (Å²) in [5.41, 5.74) is 2.89. The lowest BCUT2D eigenvalue weighted by molar-refractivity contribution is 0.186. The Labute approximate surface area is 184 Å². The van der Waals surface area contributed by atoms with Crippen LogP contribution in [0.25, 0.3) is 11.0 Å². The lowest BCUT2D eigenvalue weighted by Crippen LogP contribution is -2.38. The summed E-state index contributed by atoms with van der Waals surface area (Å²) < 4.78 is 5.65. The van der Waals surface area contributed by atoms with E-state index in [4.69, 9.17) is 4.74 Å². The standard InChI is InChI=1S/C24H33N5O2/c1-4-25-24(26-15-7-10-23-28-20-8-5-6-9-21(20)29-23)27-16-22(30)18-11-13-19(14-12-18)31-17(2)3/h5-6,8-9,11-14,17,22,30H,4,7,10,15-16H2,1-3H3,(H,28,29)(H2,25,26,27). The van der Waals surface area contributed by atoms with Crippen LogP contribution in [0, 0.1) is 0 Å². The Kier molecular flexibility index (Phi) is 8.29. The average Bonchev–Trinajstić information content (AvgIpc) is 3.17. The number of nitrogens with one attached hydrogen (secondary N) is 3. The van der Waals surface area contributed by atoms with Crippen molar-refractivity contribution in [2.45, 2.75) is 45.8 Å². The highest BCUT2D eigenvalue weighted by atomic mass is 16.5. The van der Waals surface area contributed by atoms with Gasteiger partial charge in [0.2, 0.25) is 0 Å². The van der Waals surface area contributed by atoms with Crippen LogP contribution >= 0.6 is 0 Å². The fraction of sp³-hybridized carbons (Fsp3) is 0.417. The molecule has 7 heteroatoms. The maximum Gasteiger partial charge on any atom is 0.191 e. The molecule has 0 aliphatic heterocycles. The number of para-hydroxylation sites is 2.